The number of halogens is 1. The molecule has 0 aliphatic heterocycles. The third-order valence-corrected chi connectivity index (χ3v) is 3.43. The number of alkyl halides is 1. The second-order valence-corrected chi connectivity index (χ2v) is 5.71. The van der Waals surface area contributed by atoms with Crippen LogP contribution in [-0.4, -0.2) is 48.3 Å². The first-order valence-electron chi connectivity index (χ1n) is 7.93. The van der Waals surface area contributed by atoms with Gasteiger partial charge in [-0.05, 0) is 37.1 Å². The molecule has 0 aromatic heterocycles. The van der Waals surface area contributed by atoms with Gasteiger partial charge in [-0.3, -0.25) is 9.59 Å². The van der Waals surface area contributed by atoms with Gasteiger partial charge >= 0.3 is 5.97 Å². The summed E-state index contributed by atoms with van der Waals surface area (Å²) in [5, 5.41) is 13.4. The number of carboxylic acids is 1. The molecule has 0 spiro atoms. The first-order chi connectivity index (χ1) is 11.8. The average Bonchev–Trinajstić information content (AvgIpc) is 2.57. The fraction of sp³-hybridized carbons (Fsp3) is 0.471. The lowest BCUT2D eigenvalue weighted by molar-refractivity contribution is -0.142. The van der Waals surface area contributed by atoms with E-state index in [0.717, 1.165) is 0 Å². The van der Waals surface area contributed by atoms with Gasteiger partial charge in [-0.2, -0.15) is 0 Å². The second kappa shape index (κ2) is 9.61. The van der Waals surface area contributed by atoms with Crippen LogP contribution in [0.15, 0.2) is 24.3 Å². The average molecular weight is 354 g/mol. The van der Waals surface area contributed by atoms with E-state index in [4.69, 9.17) is 9.84 Å². The van der Waals surface area contributed by atoms with Crippen LogP contribution in [0, 0.1) is 5.92 Å². The molecule has 1 aromatic carbocycles. The highest BCUT2D eigenvalue weighted by atomic mass is 19.1. The molecule has 3 N–H and O–H groups in total. The van der Waals surface area contributed by atoms with Crippen molar-refractivity contribution in [3.63, 3.8) is 0 Å². The lowest BCUT2D eigenvalue weighted by Gasteiger charge is -2.23. The summed E-state index contributed by atoms with van der Waals surface area (Å²) in [6.45, 7) is 4.48. The quantitative estimate of drug-likeness (QED) is 0.621. The Morgan fingerprint density at radius 2 is 1.76 bits per heavy atom. The van der Waals surface area contributed by atoms with E-state index >= 15 is 0 Å². The largest absolute Gasteiger partial charge is 0.494 e. The summed E-state index contributed by atoms with van der Waals surface area (Å²) >= 11 is 0. The number of ether oxygens (including phenoxy) is 1. The first kappa shape index (κ1) is 20.4. The Morgan fingerprint density at radius 1 is 1.16 bits per heavy atom. The summed E-state index contributed by atoms with van der Waals surface area (Å²) in [5.41, 5.74) is 0.321. The van der Waals surface area contributed by atoms with Gasteiger partial charge in [0.15, 0.2) is 6.04 Å². The normalized spacial score (nSPS) is 13.0. The van der Waals surface area contributed by atoms with E-state index < -0.39 is 36.5 Å². The Bertz CT molecular complexity index is 604. The molecule has 1 aromatic rings. The molecule has 0 saturated heterocycles. The van der Waals surface area contributed by atoms with Crippen molar-refractivity contribution in [1.29, 1.82) is 0 Å². The number of amides is 2. The number of hydrogen-bond acceptors (Lipinski definition) is 4. The van der Waals surface area contributed by atoms with Crippen molar-refractivity contribution >= 4 is 17.8 Å². The van der Waals surface area contributed by atoms with E-state index in [2.05, 4.69) is 10.6 Å². The summed E-state index contributed by atoms with van der Waals surface area (Å²) in [4.78, 5) is 35.3. The van der Waals surface area contributed by atoms with Crippen LogP contribution in [0.3, 0.4) is 0 Å². The molecule has 138 valence electrons. The van der Waals surface area contributed by atoms with Gasteiger partial charge in [-0.15, -0.1) is 0 Å². The van der Waals surface area contributed by atoms with Gasteiger partial charge < -0.3 is 20.5 Å². The molecule has 0 saturated carbocycles. The zero-order valence-corrected chi connectivity index (χ0v) is 14.4. The maximum absolute atomic E-state index is 12.7. The van der Waals surface area contributed by atoms with E-state index in [1.54, 1.807) is 38.1 Å². The Hall–Kier alpha value is -2.64. The van der Waals surface area contributed by atoms with Crippen LogP contribution in [0.2, 0.25) is 0 Å². The fourth-order valence-corrected chi connectivity index (χ4v) is 2.06. The highest BCUT2D eigenvalue weighted by molar-refractivity contribution is 5.98. The van der Waals surface area contributed by atoms with Crippen molar-refractivity contribution in [3.8, 4) is 5.75 Å². The molecule has 0 radical (unpaired) electrons. The number of nitrogens with one attached hydrogen (secondary N) is 2. The molecule has 0 bridgehead atoms. The van der Waals surface area contributed by atoms with Crippen LogP contribution in [0.25, 0.3) is 0 Å². The Morgan fingerprint density at radius 3 is 2.20 bits per heavy atom. The minimum absolute atomic E-state index is 0.319. The predicted octanol–water partition coefficient (Wildman–Crippen LogP) is 1.38. The zero-order valence-electron chi connectivity index (χ0n) is 14.4. The van der Waals surface area contributed by atoms with E-state index in [9.17, 15) is 18.8 Å². The fourth-order valence-electron chi connectivity index (χ4n) is 2.06. The minimum Gasteiger partial charge on any atom is -0.494 e. The molecular formula is C17H23FN2O5. The van der Waals surface area contributed by atoms with Crippen LogP contribution in [0.5, 0.6) is 5.75 Å². The van der Waals surface area contributed by atoms with Crippen LogP contribution in [-0.2, 0) is 9.59 Å². The molecule has 2 unspecified atom stereocenters. The van der Waals surface area contributed by atoms with Crippen LogP contribution in [0.1, 0.15) is 31.1 Å². The SMILES string of the molecule is CCOc1ccc(C(=O)NC(C(=O)NC(CF)C(=O)O)C(C)C)cc1. The van der Waals surface area contributed by atoms with Crippen LogP contribution < -0.4 is 15.4 Å². The molecule has 0 heterocycles. The Kier molecular flexibility index (Phi) is 7.84. The summed E-state index contributed by atoms with van der Waals surface area (Å²) < 4.78 is 18.0. The van der Waals surface area contributed by atoms with Crippen molar-refractivity contribution in [3.05, 3.63) is 29.8 Å². The summed E-state index contributed by atoms with van der Waals surface area (Å²) in [6, 6.07) is 3.73. The number of aliphatic carboxylic acids is 1. The number of carboxylic acid groups (broad SMARTS) is 1. The molecule has 0 fully saturated rings. The van der Waals surface area contributed by atoms with Crippen LogP contribution >= 0.6 is 0 Å². The summed E-state index contributed by atoms with van der Waals surface area (Å²) in [6.07, 6.45) is 0. The van der Waals surface area contributed by atoms with Crippen molar-refractivity contribution in [2.45, 2.75) is 32.9 Å². The van der Waals surface area contributed by atoms with Gasteiger partial charge in [0.25, 0.3) is 5.91 Å². The van der Waals surface area contributed by atoms with E-state index in [1.165, 1.54) is 0 Å². The standard InChI is InChI=1S/C17H23FN2O5/c1-4-25-12-7-5-11(6-8-12)15(21)20-14(10(2)3)16(22)19-13(9-18)17(23)24/h5-8,10,13-14H,4,9H2,1-3H3,(H,19,22)(H,20,21)(H,23,24). The van der Waals surface area contributed by atoms with E-state index in [1.807, 2.05) is 6.92 Å². The van der Waals surface area contributed by atoms with Gasteiger partial charge in [0.05, 0.1) is 6.61 Å². The highest BCUT2D eigenvalue weighted by Gasteiger charge is 2.28. The number of benzene rings is 1. The van der Waals surface area contributed by atoms with Gasteiger partial charge in [0.1, 0.15) is 18.5 Å². The van der Waals surface area contributed by atoms with Crippen molar-refractivity contribution < 1.29 is 28.6 Å². The number of carbonyl (C=O) groups excluding carboxylic acids is 2. The van der Waals surface area contributed by atoms with Gasteiger partial charge in [-0.1, -0.05) is 13.8 Å². The smallest absolute Gasteiger partial charge is 0.328 e. The zero-order chi connectivity index (χ0) is 19.0. The van der Waals surface area contributed by atoms with Gasteiger partial charge in [0, 0.05) is 5.56 Å². The third kappa shape index (κ3) is 6.06. The Labute approximate surface area is 145 Å². The van der Waals surface area contributed by atoms with Crippen LogP contribution in [0.4, 0.5) is 4.39 Å². The molecule has 2 amide bonds. The predicted molar refractivity (Wildman–Crippen MR) is 89.2 cm³/mol. The molecule has 0 aliphatic carbocycles. The number of rotatable bonds is 9. The topological polar surface area (TPSA) is 105 Å². The lowest BCUT2D eigenvalue weighted by Crippen LogP contribution is -2.54. The lowest BCUT2D eigenvalue weighted by atomic mass is 10.0. The third-order valence-electron chi connectivity index (χ3n) is 3.43. The monoisotopic (exact) mass is 354 g/mol. The Balaban J connectivity index is 2.81. The number of hydrogen-bond donors (Lipinski definition) is 3. The number of carbonyl (C=O) groups is 3. The second-order valence-electron chi connectivity index (χ2n) is 5.71. The summed E-state index contributed by atoms with van der Waals surface area (Å²) in [5.74, 6) is -2.43. The van der Waals surface area contributed by atoms with Crippen molar-refractivity contribution in [2.24, 2.45) is 5.92 Å². The molecule has 1 rings (SSSR count). The maximum atomic E-state index is 12.7. The molecular weight excluding hydrogens is 331 g/mol. The van der Waals surface area contributed by atoms with Crippen molar-refractivity contribution in [2.75, 3.05) is 13.3 Å². The molecule has 25 heavy (non-hydrogen) atoms. The van der Waals surface area contributed by atoms with E-state index in [0.29, 0.717) is 17.9 Å². The molecule has 8 heteroatoms. The molecule has 2 atom stereocenters. The highest BCUT2D eigenvalue weighted by Crippen LogP contribution is 2.13. The van der Waals surface area contributed by atoms with Gasteiger partial charge in [0.2, 0.25) is 5.91 Å². The van der Waals surface area contributed by atoms with Gasteiger partial charge in [-0.25, -0.2) is 9.18 Å². The first-order valence-corrected chi connectivity index (χ1v) is 7.93. The molecule has 7 nitrogen and oxygen atoms in total. The molecule has 0 aliphatic rings. The minimum atomic E-state index is -1.64. The van der Waals surface area contributed by atoms with E-state index in [-0.39, 0.29) is 5.92 Å². The maximum Gasteiger partial charge on any atom is 0.328 e. The summed E-state index contributed by atoms with van der Waals surface area (Å²) in [7, 11) is 0. The van der Waals surface area contributed by atoms with Crippen molar-refractivity contribution in [1.82, 2.24) is 10.6 Å².